The lowest BCUT2D eigenvalue weighted by Crippen LogP contribution is -2.38. The summed E-state index contributed by atoms with van der Waals surface area (Å²) in [5.41, 5.74) is 4.50. The monoisotopic (exact) mass is 454 g/mol. The summed E-state index contributed by atoms with van der Waals surface area (Å²) in [5, 5.41) is 0. The van der Waals surface area contributed by atoms with Gasteiger partial charge in [-0.05, 0) is 31.7 Å². The number of rotatable bonds is 5. The average Bonchev–Trinajstić information content (AvgIpc) is 3.31. The Morgan fingerprint density at radius 1 is 0.853 bits per heavy atom. The van der Waals surface area contributed by atoms with Gasteiger partial charge in [-0.2, -0.15) is 0 Å². The Balaban J connectivity index is 1.45. The van der Waals surface area contributed by atoms with Gasteiger partial charge in [0.2, 0.25) is 5.91 Å². The van der Waals surface area contributed by atoms with Crippen LogP contribution in [0, 0.1) is 12.8 Å². The molecule has 34 heavy (non-hydrogen) atoms. The summed E-state index contributed by atoms with van der Waals surface area (Å²) in [6.07, 6.45) is 6.28. The minimum atomic E-state index is 0.242. The molecular formula is C29H34N4O. The number of benzene rings is 2. The van der Waals surface area contributed by atoms with E-state index in [1.54, 1.807) is 0 Å². The Labute approximate surface area is 202 Å². The third-order valence-electron chi connectivity index (χ3n) is 7.26. The third kappa shape index (κ3) is 4.98. The van der Waals surface area contributed by atoms with E-state index in [1.807, 2.05) is 18.2 Å². The van der Waals surface area contributed by atoms with Gasteiger partial charge < -0.3 is 9.80 Å². The fraction of sp³-hybridized carbons (Fsp3) is 0.414. The minimum Gasteiger partial charge on any atom is -0.354 e. The predicted molar refractivity (Wildman–Crippen MR) is 137 cm³/mol. The zero-order chi connectivity index (χ0) is 23.3. The molecule has 176 valence electrons. The van der Waals surface area contributed by atoms with Crippen molar-refractivity contribution in [2.75, 3.05) is 31.1 Å². The number of carbonyl (C=O) groups is 1. The molecule has 0 radical (unpaired) electrons. The molecule has 1 amide bonds. The molecule has 1 saturated heterocycles. The van der Waals surface area contributed by atoms with Crippen LogP contribution in [0.1, 0.15) is 48.9 Å². The van der Waals surface area contributed by atoms with E-state index in [0.717, 1.165) is 74.8 Å². The molecule has 2 heterocycles. The van der Waals surface area contributed by atoms with Gasteiger partial charge in [-0.1, -0.05) is 73.5 Å². The fourth-order valence-electron chi connectivity index (χ4n) is 5.35. The zero-order valence-corrected chi connectivity index (χ0v) is 20.1. The summed E-state index contributed by atoms with van der Waals surface area (Å²) in [7, 11) is 0. The van der Waals surface area contributed by atoms with E-state index in [1.165, 1.54) is 24.0 Å². The van der Waals surface area contributed by atoms with Crippen LogP contribution in [0.3, 0.4) is 0 Å². The molecule has 1 aromatic heterocycles. The first-order chi connectivity index (χ1) is 16.7. The van der Waals surface area contributed by atoms with Crippen LogP contribution in [0.5, 0.6) is 0 Å². The molecule has 5 heteroatoms. The van der Waals surface area contributed by atoms with E-state index in [0.29, 0.717) is 5.91 Å². The lowest BCUT2D eigenvalue weighted by atomic mass is 10.0. The van der Waals surface area contributed by atoms with Crippen molar-refractivity contribution >= 4 is 11.7 Å². The normalized spacial score (nSPS) is 17.1. The van der Waals surface area contributed by atoms with Crippen molar-refractivity contribution in [3.8, 4) is 11.4 Å². The Morgan fingerprint density at radius 2 is 1.56 bits per heavy atom. The zero-order valence-electron chi connectivity index (χ0n) is 20.1. The first kappa shape index (κ1) is 22.6. The summed E-state index contributed by atoms with van der Waals surface area (Å²) in [5.74, 6) is 2.40. The van der Waals surface area contributed by atoms with Gasteiger partial charge in [-0.25, -0.2) is 9.97 Å². The van der Waals surface area contributed by atoms with E-state index < -0.39 is 0 Å². The van der Waals surface area contributed by atoms with E-state index >= 15 is 0 Å². The number of anilines is 1. The number of nitrogens with zero attached hydrogens (tertiary/aromatic N) is 4. The smallest absolute Gasteiger partial charge is 0.225 e. The molecule has 0 N–H and O–H groups in total. The molecule has 0 bridgehead atoms. The Kier molecular flexibility index (Phi) is 6.89. The Morgan fingerprint density at radius 3 is 2.29 bits per heavy atom. The molecule has 0 atom stereocenters. The predicted octanol–water partition coefficient (Wildman–Crippen LogP) is 5.27. The number of amides is 1. The molecule has 5 nitrogen and oxygen atoms in total. The molecule has 2 fully saturated rings. The molecule has 1 aliphatic carbocycles. The number of aryl methyl sites for hydroxylation is 1. The quantitative estimate of drug-likeness (QED) is 0.527. The van der Waals surface area contributed by atoms with Gasteiger partial charge in [0.15, 0.2) is 5.82 Å². The van der Waals surface area contributed by atoms with Gasteiger partial charge in [0.05, 0.1) is 0 Å². The van der Waals surface area contributed by atoms with Crippen molar-refractivity contribution in [2.45, 2.75) is 45.4 Å². The fourth-order valence-corrected chi connectivity index (χ4v) is 5.35. The van der Waals surface area contributed by atoms with E-state index in [2.05, 4.69) is 59.2 Å². The Hall–Kier alpha value is -3.21. The number of hydrogen-bond donors (Lipinski definition) is 0. The summed E-state index contributed by atoms with van der Waals surface area (Å²) >= 11 is 0. The van der Waals surface area contributed by atoms with Crippen LogP contribution < -0.4 is 4.90 Å². The van der Waals surface area contributed by atoms with Crippen molar-refractivity contribution in [3.05, 3.63) is 77.5 Å². The molecule has 0 spiro atoms. The second-order valence-electron chi connectivity index (χ2n) is 9.61. The average molecular weight is 455 g/mol. The second kappa shape index (κ2) is 10.4. The van der Waals surface area contributed by atoms with Gasteiger partial charge in [0.25, 0.3) is 0 Å². The van der Waals surface area contributed by atoms with Crippen molar-refractivity contribution in [2.24, 2.45) is 5.92 Å². The number of hydrogen-bond acceptors (Lipinski definition) is 4. The highest BCUT2D eigenvalue weighted by Crippen LogP contribution is 2.30. The van der Waals surface area contributed by atoms with E-state index in [9.17, 15) is 4.79 Å². The molecule has 2 aliphatic rings. The van der Waals surface area contributed by atoms with Crippen LogP contribution in [0.25, 0.3) is 11.4 Å². The molecule has 1 saturated carbocycles. The van der Waals surface area contributed by atoms with Crippen molar-refractivity contribution < 1.29 is 4.79 Å². The van der Waals surface area contributed by atoms with Crippen molar-refractivity contribution in [1.29, 1.82) is 0 Å². The molecule has 3 aromatic rings. The first-order valence-corrected chi connectivity index (χ1v) is 12.7. The minimum absolute atomic E-state index is 0.242. The van der Waals surface area contributed by atoms with Crippen molar-refractivity contribution in [1.82, 2.24) is 14.9 Å². The molecule has 5 rings (SSSR count). The Bertz CT molecular complexity index is 1110. The second-order valence-corrected chi connectivity index (χ2v) is 9.61. The van der Waals surface area contributed by atoms with Gasteiger partial charge in [-0.3, -0.25) is 4.79 Å². The summed E-state index contributed by atoms with van der Waals surface area (Å²) in [6.45, 7) is 5.43. The summed E-state index contributed by atoms with van der Waals surface area (Å²) in [6, 6.07) is 20.8. The van der Waals surface area contributed by atoms with Crippen LogP contribution in [-0.4, -0.2) is 47.0 Å². The maximum absolute atomic E-state index is 13.1. The van der Waals surface area contributed by atoms with Crippen molar-refractivity contribution in [3.63, 3.8) is 0 Å². The van der Waals surface area contributed by atoms with Crippen LogP contribution in [0.4, 0.5) is 5.82 Å². The number of carbonyl (C=O) groups excluding carboxylic acids is 1. The maximum Gasteiger partial charge on any atom is 0.225 e. The summed E-state index contributed by atoms with van der Waals surface area (Å²) < 4.78 is 0. The van der Waals surface area contributed by atoms with E-state index in [4.69, 9.17) is 9.97 Å². The SMILES string of the molecule is Cc1nc(-c2ccccc2)nc(N2CCCN(C(=O)C3CCCC3)CC2)c1Cc1ccccc1. The topological polar surface area (TPSA) is 49.3 Å². The maximum atomic E-state index is 13.1. The highest BCUT2D eigenvalue weighted by atomic mass is 16.2. The van der Waals surface area contributed by atoms with Crippen LogP contribution in [0.2, 0.25) is 0 Å². The standard InChI is InChI=1S/C29H34N4O/c1-22-26(21-23-11-4-2-5-12-23)28(31-27(30-22)24-13-6-3-7-14-24)32-17-10-18-33(20-19-32)29(34)25-15-8-9-16-25/h2-7,11-14,25H,8-10,15-21H2,1H3. The molecule has 0 unspecified atom stereocenters. The number of aromatic nitrogens is 2. The van der Waals surface area contributed by atoms with Gasteiger partial charge in [-0.15, -0.1) is 0 Å². The van der Waals surface area contributed by atoms with Crippen LogP contribution >= 0.6 is 0 Å². The summed E-state index contributed by atoms with van der Waals surface area (Å²) in [4.78, 5) is 27.6. The third-order valence-corrected chi connectivity index (χ3v) is 7.26. The molecule has 2 aromatic carbocycles. The largest absolute Gasteiger partial charge is 0.354 e. The van der Waals surface area contributed by atoms with Crippen LogP contribution in [0.15, 0.2) is 60.7 Å². The van der Waals surface area contributed by atoms with Crippen LogP contribution in [-0.2, 0) is 11.2 Å². The van der Waals surface area contributed by atoms with E-state index in [-0.39, 0.29) is 5.92 Å². The van der Waals surface area contributed by atoms with Gasteiger partial charge in [0, 0.05) is 55.3 Å². The highest BCUT2D eigenvalue weighted by molar-refractivity contribution is 5.79. The highest BCUT2D eigenvalue weighted by Gasteiger charge is 2.29. The lowest BCUT2D eigenvalue weighted by molar-refractivity contribution is -0.135. The molecular weight excluding hydrogens is 420 g/mol. The van der Waals surface area contributed by atoms with Gasteiger partial charge in [0.1, 0.15) is 5.82 Å². The molecule has 1 aliphatic heterocycles. The first-order valence-electron chi connectivity index (χ1n) is 12.7. The van der Waals surface area contributed by atoms with Gasteiger partial charge >= 0.3 is 0 Å². The lowest BCUT2D eigenvalue weighted by Gasteiger charge is -2.27.